The Balaban J connectivity index is 2.77. The fourth-order valence-corrected chi connectivity index (χ4v) is 3.07. The molecule has 1 fully saturated rings. The van der Waals surface area contributed by atoms with Crippen molar-refractivity contribution in [1.82, 2.24) is 0 Å². The van der Waals surface area contributed by atoms with Crippen LogP contribution in [-0.2, 0) is 23.9 Å². The molecule has 1 heterocycles. The lowest BCUT2D eigenvalue weighted by molar-refractivity contribution is -0.170. The summed E-state index contributed by atoms with van der Waals surface area (Å²) in [4.78, 5) is 35.8. The van der Waals surface area contributed by atoms with Crippen molar-refractivity contribution in [3.63, 3.8) is 0 Å². The Morgan fingerprint density at radius 3 is 2.60 bits per heavy atom. The van der Waals surface area contributed by atoms with Crippen molar-refractivity contribution in [3.8, 4) is 0 Å². The van der Waals surface area contributed by atoms with Crippen LogP contribution in [0.1, 0.15) is 52.9 Å². The lowest BCUT2D eigenvalue weighted by Gasteiger charge is -2.31. The number of ketones is 1. The Hall–Kier alpha value is -2.45. The Morgan fingerprint density at radius 2 is 2.07 bits per heavy atom. The van der Waals surface area contributed by atoms with Crippen molar-refractivity contribution in [2.45, 2.75) is 70.7 Å². The third-order valence-corrected chi connectivity index (χ3v) is 5.19. The molecule has 0 spiro atoms. The number of aliphatic hydroxyl groups is 3. The van der Waals surface area contributed by atoms with Gasteiger partial charge in [0, 0.05) is 12.8 Å². The molecule has 0 bridgehead atoms. The Morgan fingerprint density at radius 1 is 1.43 bits per heavy atom. The molecule has 4 atom stereocenters. The first-order valence-electron chi connectivity index (χ1n) is 9.97. The molecule has 0 saturated carbocycles. The van der Waals surface area contributed by atoms with E-state index in [1.54, 1.807) is 13.8 Å². The zero-order valence-corrected chi connectivity index (χ0v) is 18.0. The highest BCUT2D eigenvalue weighted by Crippen LogP contribution is 2.25. The number of ether oxygens (including phenoxy) is 2. The standard InChI is InChI=1S/C22H32O8/c1-6-14(3)19(25)22(28,21(27)29-5)11-7-8-13(2)9-10-16(23)18-17(24)12-15(4)30-20(18)26/h7,11,14-15,19,23,25,28H,2,6,8-10,12H2,1,3-5H3/b11-7+,18-16-/t14-,15+,19+,22-/m0/s1/i15+1,17+1,20+1,24+2,26+2,30+2. The van der Waals surface area contributed by atoms with Gasteiger partial charge in [-0.1, -0.05) is 38.5 Å². The quantitative estimate of drug-likeness (QED) is 0.0910. The summed E-state index contributed by atoms with van der Waals surface area (Å²) in [5, 5.41) is 31.1. The molecule has 1 saturated heterocycles. The number of cyclic esters (lactones) is 1. The zero-order chi connectivity index (χ0) is 23.1. The number of Topliss-reactive ketones (excluding diaryl/α,β-unsaturated/α-hetero) is 1. The number of allylic oxidation sites excluding steroid dienone is 3. The number of hydrogen-bond acceptors (Lipinski definition) is 8. The average Bonchev–Trinajstić information content (AvgIpc) is 2.69. The number of rotatable bonds is 10. The summed E-state index contributed by atoms with van der Waals surface area (Å²) in [5.74, 6) is -2.95. The summed E-state index contributed by atoms with van der Waals surface area (Å²) >= 11 is 0. The summed E-state index contributed by atoms with van der Waals surface area (Å²) < 4.78 is 9.60. The van der Waals surface area contributed by atoms with Gasteiger partial charge >= 0.3 is 11.9 Å². The van der Waals surface area contributed by atoms with E-state index in [0.717, 1.165) is 7.11 Å². The smallest absolute Gasteiger partial charge is 0.345 e. The van der Waals surface area contributed by atoms with Crippen LogP contribution in [0.3, 0.4) is 0 Å². The summed E-state index contributed by atoms with van der Waals surface area (Å²) in [5.41, 5.74) is -1.90. The third-order valence-electron chi connectivity index (χ3n) is 5.19. The topological polar surface area (TPSA) is 130 Å². The maximum atomic E-state index is 12.0. The van der Waals surface area contributed by atoms with Gasteiger partial charge in [0.1, 0.15) is 17.4 Å². The van der Waals surface area contributed by atoms with E-state index in [9.17, 15) is 29.7 Å². The van der Waals surface area contributed by atoms with Crippen LogP contribution in [0.25, 0.3) is 0 Å². The molecule has 3 N–H and O–H groups in total. The van der Waals surface area contributed by atoms with Gasteiger partial charge in [-0.15, -0.1) is 0 Å². The number of aliphatic hydroxyl groups excluding tert-OH is 2. The molecule has 0 aromatic rings. The van der Waals surface area contributed by atoms with Crippen molar-refractivity contribution >= 4 is 17.7 Å². The van der Waals surface area contributed by atoms with E-state index in [2.05, 4.69) is 11.3 Å². The normalized spacial score (nSPS) is 22.8. The Bertz CT molecular complexity index is 715. The molecule has 8 nitrogen and oxygen atoms in total. The number of methoxy groups -OCH3 is 1. The SMILES string of the molecule is C=C(C/C=C/[C@@](O)(C(=O)OC)[C@H](O)[C@@H](C)CC)CC/C(O)=C1\[13C](=[18O])C[13C@@H](C)[18O][13C]1=[18O]. The Labute approximate surface area is 176 Å². The van der Waals surface area contributed by atoms with Gasteiger partial charge < -0.3 is 24.8 Å². The predicted octanol–water partition coefficient (Wildman–Crippen LogP) is 2.30. The molecule has 0 amide bonds. The highest BCUT2D eigenvalue weighted by molar-refractivity contribution is 6.19. The average molecular weight is 433 g/mol. The van der Waals surface area contributed by atoms with E-state index in [1.807, 2.05) is 6.92 Å². The third kappa shape index (κ3) is 6.27. The molecule has 8 heteroatoms. The highest BCUT2D eigenvalue weighted by atomic mass is 18.4. The second-order valence-electron chi connectivity index (χ2n) is 7.67. The van der Waals surface area contributed by atoms with Crippen molar-refractivity contribution in [3.05, 3.63) is 35.6 Å². The number of esters is 2. The van der Waals surface area contributed by atoms with E-state index in [4.69, 9.17) is 4.74 Å². The van der Waals surface area contributed by atoms with Gasteiger partial charge in [-0.25, -0.2) is 9.59 Å². The van der Waals surface area contributed by atoms with Gasteiger partial charge in [0.2, 0.25) is 5.60 Å². The minimum absolute atomic E-state index is 0.0218. The van der Waals surface area contributed by atoms with Crippen LogP contribution in [0.15, 0.2) is 35.6 Å². The van der Waals surface area contributed by atoms with Gasteiger partial charge in [0.05, 0.1) is 13.2 Å². The maximum Gasteiger partial charge on any atom is 0.345 e. The number of carbonyl (C=O) groups excluding carboxylic acids is 3. The van der Waals surface area contributed by atoms with E-state index in [0.29, 0.717) is 12.0 Å². The fourth-order valence-electron chi connectivity index (χ4n) is 3.07. The van der Waals surface area contributed by atoms with Crippen LogP contribution < -0.4 is 0 Å². The second kappa shape index (κ2) is 11.1. The minimum atomic E-state index is -2.19. The minimum Gasteiger partial charge on any atom is -0.511 e. The molecule has 30 heavy (non-hydrogen) atoms. The molecule has 0 aromatic heterocycles. The van der Waals surface area contributed by atoms with Crippen LogP contribution >= 0.6 is 0 Å². The molecule has 0 aromatic carbocycles. The van der Waals surface area contributed by atoms with Gasteiger partial charge in [0.15, 0.2) is 5.78 Å². The van der Waals surface area contributed by atoms with Crippen LogP contribution in [0.4, 0.5) is 0 Å². The van der Waals surface area contributed by atoms with Crippen LogP contribution in [0.2, 0.25) is 0 Å². The summed E-state index contributed by atoms with van der Waals surface area (Å²) in [6, 6.07) is 0. The highest BCUT2D eigenvalue weighted by Gasteiger charge is 2.44. The van der Waals surface area contributed by atoms with Crippen molar-refractivity contribution in [2.24, 2.45) is 5.92 Å². The zero-order valence-electron chi connectivity index (χ0n) is 18.0. The van der Waals surface area contributed by atoms with Crippen LogP contribution in [0, 0.1) is 5.92 Å². The molecule has 0 aliphatic carbocycles. The molecule has 0 unspecified atom stereocenters. The van der Waals surface area contributed by atoms with E-state index in [1.165, 1.54) is 12.2 Å². The number of hydrogen-bond donors (Lipinski definition) is 3. The van der Waals surface area contributed by atoms with Crippen molar-refractivity contribution in [1.29, 1.82) is 0 Å². The van der Waals surface area contributed by atoms with E-state index < -0.39 is 35.5 Å². The van der Waals surface area contributed by atoms with E-state index >= 15 is 0 Å². The number of carbonyl (C=O) groups is 3. The first-order valence-corrected chi connectivity index (χ1v) is 9.97. The first-order chi connectivity index (χ1) is 14.0. The lowest BCUT2D eigenvalue weighted by atomic mass is 9.85. The summed E-state index contributed by atoms with van der Waals surface area (Å²) in [7, 11) is 1.12. The van der Waals surface area contributed by atoms with E-state index in [-0.39, 0.29) is 42.9 Å². The van der Waals surface area contributed by atoms with Gasteiger partial charge in [-0.05, 0) is 31.8 Å². The van der Waals surface area contributed by atoms with Gasteiger partial charge in [-0.2, -0.15) is 0 Å². The second-order valence-corrected chi connectivity index (χ2v) is 7.67. The largest absolute Gasteiger partial charge is 0.511 e. The molecule has 1 rings (SSSR count). The van der Waals surface area contributed by atoms with Gasteiger partial charge in [-0.3, -0.25) is 4.79 Å². The maximum absolute atomic E-state index is 12.0. The molecule has 0 radical (unpaired) electrons. The molecule has 168 valence electrons. The van der Waals surface area contributed by atoms with Gasteiger partial charge in [0.25, 0.3) is 0 Å². The molecule has 1 aliphatic heterocycles. The molecule has 1 aliphatic rings. The first kappa shape index (κ1) is 25.6. The fraction of sp³-hybridized carbons (Fsp3) is 0.591. The Kier molecular flexibility index (Phi) is 9.45. The lowest BCUT2D eigenvalue weighted by Crippen LogP contribution is -2.51. The van der Waals surface area contributed by atoms with Crippen molar-refractivity contribution in [2.75, 3.05) is 7.11 Å². The molecular formula is C22H32O8. The van der Waals surface area contributed by atoms with Crippen LogP contribution in [0.5, 0.6) is 0 Å². The predicted molar refractivity (Wildman–Crippen MR) is 109 cm³/mol. The monoisotopic (exact) mass is 433 g/mol. The van der Waals surface area contributed by atoms with Crippen LogP contribution in [-0.4, -0.2) is 58.0 Å². The molecular weight excluding hydrogens is 401 g/mol. The summed E-state index contributed by atoms with van der Waals surface area (Å²) in [6.45, 7) is 8.99. The summed E-state index contributed by atoms with van der Waals surface area (Å²) in [6.07, 6.45) is 1.91. The van der Waals surface area contributed by atoms with Crippen molar-refractivity contribution < 1.29 is 39.2 Å².